The molecule has 1 aromatic rings. The molecule has 2 nitrogen and oxygen atoms in total. The van der Waals surface area contributed by atoms with Crippen LogP contribution in [0, 0.1) is 0 Å². The summed E-state index contributed by atoms with van der Waals surface area (Å²) in [6.45, 7) is 2.12. The van der Waals surface area contributed by atoms with Gasteiger partial charge in [-0.2, -0.15) is 0 Å². The number of rotatable bonds is 4. The van der Waals surface area contributed by atoms with E-state index in [0.717, 1.165) is 29.8 Å². The molecule has 0 saturated heterocycles. The lowest BCUT2D eigenvalue weighted by Gasteiger charge is -1.87. The maximum absolute atomic E-state index is 10.1. The van der Waals surface area contributed by atoms with Gasteiger partial charge in [0.1, 0.15) is 6.29 Å². The van der Waals surface area contributed by atoms with E-state index < -0.39 is 0 Å². The summed E-state index contributed by atoms with van der Waals surface area (Å²) in [4.78, 5) is 14.4. The highest BCUT2D eigenvalue weighted by molar-refractivity contribution is 7.09. The molecule has 0 unspecified atom stereocenters. The summed E-state index contributed by atoms with van der Waals surface area (Å²) in [5, 5.41) is 2.96. The quantitative estimate of drug-likeness (QED) is 0.644. The average molecular weight is 169 g/mol. The Morgan fingerprint density at radius 2 is 2.55 bits per heavy atom. The summed E-state index contributed by atoms with van der Waals surface area (Å²) in [5.41, 5.74) is 1.12. The third-order valence-corrected chi connectivity index (χ3v) is 2.28. The van der Waals surface area contributed by atoms with E-state index in [4.69, 9.17) is 0 Å². The number of carbonyl (C=O) groups is 1. The van der Waals surface area contributed by atoms with Gasteiger partial charge in [-0.15, -0.1) is 11.3 Å². The van der Waals surface area contributed by atoms with Crippen molar-refractivity contribution in [1.82, 2.24) is 4.98 Å². The van der Waals surface area contributed by atoms with Crippen LogP contribution in [0.1, 0.15) is 24.0 Å². The average Bonchev–Trinajstić information content (AvgIpc) is 2.38. The third-order valence-electron chi connectivity index (χ3n) is 1.36. The molecule has 0 aromatic carbocycles. The number of aryl methyl sites for hydroxylation is 1. The van der Waals surface area contributed by atoms with Gasteiger partial charge in [-0.3, -0.25) is 0 Å². The molecule has 1 aromatic heterocycles. The predicted molar refractivity (Wildman–Crippen MR) is 45.9 cm³/mol. The molecule has 1 rings (SSSR count). The van der Waals surface area contributed by atoms with Crippen molar-refractivity contribution in [2.45, 2.75) is 26.2 Å². The van der Waals surface area contributed by atoms with Gasteiger partial charge in [0.05, 0.1) is 17.1 Å². The fourth-order valence-electron chi connectivity index (χ4n) is 0.885. The van der Waals surface area contributed by atoms with Crippen molar-refractivity contribution in [3.8, 4) is 0 Å². The number of hydrogen-bond donors (Lipinski definition) is 0. The van der Waals surface area contributed by atoms with E-state index >= 15 is 0 Å². The van der Waals surface area contributed by atoms with E-state index in [0.29, 0.717) is 6.42 Å². The third kappa shape index (κ3) is 2.42. The summed E-state index contributed by atoms with van der Waals surface area (Å²) in [7, 11) is 0. The standard InChI is InChI=1S/C8H11NOS/c1-2-3-7-6-11-8(9-7)4-5-10/h5-6H,2-4H2,1H3. The fourth-order valence-corrected chi connectivity index (χ4v) is 1.66. The van der Waals surface area contributed by atoms with Crippen LogP contribution < -0.4 is 0 Å². The second-order valence-corrected chi connectivity index (χ2v) is 3.30. The van der Waals surface area contributed by atoms with Crippen molar-refractivity contribution in [2.75, 3.05) is 0 Å². The van der Waals surface area contributed by atoms with Crippen LogP contribution in [0.2, 0.25) is 0 Å². The van der Waals surface area contributed by atoms with E-state index in [1.54, 1.807) is 11.3 Å². The first-order valence-electron chi connectivity index (χ1n) is 3.73. The van der Waals surface area contributed by atoms with Gasteiger partial charge >= 0.3 is 0 Å². The van der Waals surface area contributed by atoms with Crippen molar-refractivity contribution < 1.29 is 4.79 Å². The first-order chi connectivity index (χ1) is 5.36. The van der Waals surface area contributed by atoms with E-state index in [2.05, 4.69) is 11.9 Å². The smallest absolute Gasteiger partial charge is 0.126 e. The van der Waals surface area contributed by atoms with Crippen LogP contribution in [-0.4, -0.2) is 11.3 Å². The highest BCUT2D eigenvalue weighted by atomic mass is 32.1. The Hall–Kier alpha value is -0.700. The van der Waals surface area contributed by atoms with Gasteiger partial charge in [0.2, 0.25) is 0 Å². The normalized spacial score (nSPS) is 9.91. The van der Waals surface area contributed by atoms with Crippen LogP contribution in [0.25, 0.3) is 0 Å². The first-order valence-corrected chi connectivity index (χ1v) is 4.61. The van der Waals surface area contributed by atoms with Crippen LogP contribution in [-0.2, 0) is 17.6 Å². The van der Waals surface area contributed by atoms with Crippen molar-refractivity contribution in [1.29, 1.82) is 0 Å². The zero-order chi connectivity index (χ0) is 8.10. The summed E-state index contributed by atoms with van der Waals surface area (Å²) < 4.78 is 0. The predicted octanol–water partition coefficient (Wildman–Crippen LogP) is 1.84. The minimum absolute atomic E-state index is 0.467. The van der Waals surface area contributed by atoms with Crippen LogP contribution in [0.5, 0.6) is 0 Å². The topological polar surface area (TPSA) is 30.0 Å². The Morgan fingerprint density at radius 3 is 3.18 bits per heavy atom. The molecule has 11 heavy (non-hydrogen) atoms. The monoisotopic (exact) mass is 169 g/mol. The molecule has 1 heterocycles. The Bertz CT molecular complexity index is 232. The van der Waals surface area contributed by atoms with Crippen molar-refractivity contribution in [2.24, 2.45) is 0 Å². The van der Waals surface area contributed by atoms with Gasteiger partial charge < -0.3 is 4.79 Å². The summed E-state index contributed by atoms with van der Waals surface area (Å²) in [6, 6.07) is 0. The number of aldehydes is 1. The van der Waals surface area contributed by atoms with Gasteiger partial charge in [-0.1, -0.05) is 13.3 Å². The van der Waals surface area contributed by atoms with Gasteiger partial charge in [-0.05, 0) is 6.42 Å². The lowest BCUT2D eigenvalue weighted by molar-refractivity contribution is -0.107. The largest absolute Gasteiger partial charge is 0.303 e. The molecule has 0 fully saturated rings. The molecule has 60 valence electrons. The van der Waals surface area contributed by atoms with Gasteiger partial charge in [-0.25, -0.2) is 4.98 Å². The molecule has 0 bridgehead atoms. The second-order valence-electron chi connectivity index (χ2n) is 2.35. The van der Waals surface area contributed by atoms with Crippen LogP contribution in [0.3, 0.4) is 0 Å². The SMILES string of the molecule is CCCc1csc(CC=O)n1. The number of carbonyl (C=O) groups excluding carboxylic acids is 1. The maximum Gasteiger partial charge on any atom is 0.126 e. The van der Waals surface area contributed by atoms with E-state index in [1.807, 2.05) is 5.38 Å². The van der Waals surface area contributed by atoms with Gasteiger partial charge in [0, 0.05) is 5.38 Å². The number of hydrogen-bond acceptors (Lipinski definition) is 3. The van der Waals surface area contributed by atoms with E-state index in [9.17, 15) is 4.79 Å². The molecule has 0 aliphatic heterocycles. The van der Waals surface area contributed by atoms with Crippen LogP contribution in [0.15, 0.2) is 5.38 Å². The highest BCUT2D eigenvalue weighted by Crippen LogP contribution is 2.10. The minimum Gasteiger partial charge on any atom is -0.303 e. The molecule has 3 heteroatoms. The van der Waals surface area contributed by atoms with E-state index in [1.165, 1.54) is 0 Å². The molecule has 0 aliphatic rings. The zero-order valence-electron chi connectivity index (χ0n) is 6.54. The van der Waals surface area contributed by atoms with Crippen LogP contribution in [0.4, 0.5) is 0 Å². The molecule has 0 radical (unpaired) electrons. The summed E-state index contributed by atoms with van der Waals surface area (Å²) in [6.07, 6.45) is 3.50. The van der Waals surface area contributed by atoms with Crippen molar-refractivity contribution in [3.05, 3.63) is 16.1 Å². The lowest BCUT2D eigenvalue weighted by atomic mass is 10.3. The second kappa shape index (κ2) is 4.23. The molecule has 0 spiro atoms. The first kappa shape index (κ1) is 8.40. The maximum atomic E-state index is 10.1. The Labute approximate surface area is 70.3 Å². The zero-order valence-corrected chi connectivity index (χ0v) is 7.36. The van der Waals surface area contributed by atoms with Crippen molar-refractivity contribution in [3.63, 3.8) is 0 Å². The summed E-state index contributed by atoms with van der Waals surface area (Å²) >= 11 is 1.57. The Balaban J connectivity index is 2.57. The molecule has 0 N–H and O–H groups in total. The molecular formula is C8H11NOS. The number of thiazole rings is 1. The molecule has 0 aliphatic carbocycles. The number of nitrogens with zero attached hydrogens (tertiary/aromatic N) is 1. The van der Waals surface area contributed by atoms with Crippen molar-refractivity contribution >= 4 is 17.6 Å². The summed E-state index contributed by atoms with van der Waals surface area (Å²) in [5.74, 6) is 0. The fraction of sp³-hybridized carbons (Fsp3) is 0.500. The van der Waals surface area contributed by atoms with Gasteiger partial charge in [0.25, 0.3) is 0 Å². The molecule has 0 amide bonds. The molecular weight excluding hydrogens is 158 g/mol. The molecule has 0 atom stereocenters. The highest BCUT2D eigenvalue weighted by Gasteiger charge is 1.98. The van der Waals surface area contributed by atoms with Gasteiger partial charge in [0.15, 0.2) is 0 Å². The Kier molecular flexibility index (Phi) is 3.23. The van der Waals surface area contributed by atoms with Crippen LogP contribution >= 0.6 is 11.3 Å². The molecule has 0 saturated carbocycles. The number of aromatic nitrogens is 1. The Morgan fingerprint density at radius 1 is 1.73 bits per heavy atom. The minimum atomic E-state index is 0.467. The lowest BCUT2D eigenvalue weighted by Crippen LogP contribution is -1.86. The van der Waals surface area contributed by atoms with E-state index in [-0.39, 0.29) is 0 Å².